The number of hydrogen-bond donors (Lipinski definition) is 0. The fourth-order valence-corrected chi connectivity index (χ4v) is 7.80. The van der Waals surface area contributed by atoms with E-state index in [4.69, 9.17) is 0 Å². The Morgan fingerprint density at radius 2 is 1.33 bits per heavy atom. The molecule has 1 aliphatic rings. The van der Waals surface area contributed by atoms with Crippen molar-refractivity contribution in [2.75, 3.05) is 0 Å². The number of fused-ring (bicyclic) bond motifs is 6. The van der Waals surface area contributed by atoms with Gasteiger partial charge in [0, 0.05) is 50.1 Å². The van der Waals surface area contributed by atoms with E-state index in [1.54, 1.807) is 0 Å². The van der Waals surface area contributed by atoms with Crippen LogP contribution in [0.5, 0.6) is 0 Å². The summed E-state index contributed by atoms with van der Waals surface area (Å²) in [7, 11) is 0. The monoisotopic (exact) mass is 626 g/mol. The predicted molar refractivity (Wildman–Crippen MR) is 200 cm³/mol. The molecule has 0 N–H and O–H groups in total. The van der Waals surface area contributed by atoms with Crippen molar-refractivity contribution in [1.29, 1.82) is 10.5 Å². The molecule has 1 unspecified atom stereocenters. The standard InChI is InChI=1S/C45H30N4/c1-29-10-8-16-39-37-15-4-6-18-42(37)48(45(29)39)34-12-9-11-31(25-34)40-26-32(21-22-33(40)28-47)35-13-2-5-17-41(35)49-43-19-7-3-14-36(43)38-23-20-30(27-46)24-44(38)49/h2-9,11-26,29H,10H2,1H3. The van der Waals surface area contributed by atoms with Gasteiger partial charge in [-0.05, 0) is 72.1 Å². The zero-order valence-electron chi connectivity index (χ0n) is 26.9. The average Bonchev–Trinajstić information content (AvgIpc) is 3.68. The van der Waals surface area contributed by atoms with Crippen molar-refractivity contribution >= 4 is 38.8 Å². The Labute approximate surface area is 284 Å². The zero-order valence-corrected chi connectivity index (χ0v) is 26.9. The first-order valence-electron chi connectivity index (χ1n) is 16.6. The molecule has 8 aromatic rings. The third-order valence-electron chi connectivity index (χ3n) is 10.0. The third-order valence-corrected chi connectivity index (χ3v) is 10.0. The van der Waals surface area contributed by atoms with Gasteiger partial charge in [0.2, 0.25) is 0 Å². The maximum absolute atomic E-state index is 10.3. The highest BCUT2D eigenvalue weighted by molar-refractivity contribution is 6.10. The molecule has 0 saturated heterocycles. The van der Waals surface area contributed by atoms with Crippen LogP contribution in [0.3, 0.4) is 0 Å². The van der Waals surface area contributed by atoms with E-state index < -0.39 is 0 Å². The Morgan fingerprint density at radius 1 is 0.592 bits per heavy atom. The number of allylic oxidation sites excluding steroid dienone is 1. The molecule has 0 amide bonds. The normalized spacial score (nSPS) is 13.8. The third kappa shape index (κ3) is 4.43. The van der Waals surface area contributed by atoms with Crippen molar-refractivity contribution < 1.29 is 0 Å². The van der Waals surface area contributed by atoms with Crippen LogP contribution >= 0.6 is 0 Å². The lowest BCUT2D eigenvalue weighted by atomic mass is 9.93. The number of rotatable bonds is 4. The molecule has 2 aromatic heterocycles. The fraction of sp³-hybridized carbons (Fsp3) is 0.0667. The van der Waals surface area contributed by atoms with Gasteiger partial charge >= 0.3 is 0 Å². The summed E-state index contributed by atoms with van der Waals surface area (Å²) < 4.78 is 4.67. The molecule has 0 aliphatic heterocycles. The molecule has 0 fully saturated rings. The molecule has 1 aliphatic carbocycles. The van der Waals surface area contributed by atoms with Crippen molar-refractivity contribution in [3.63, 3.8) is 0 Å². The lowest BCUT2D eigenvalue weighted by Gasteiger charge is -2.20. The molecule has 6 aromatic carbocycles. The van der Waals surface area contributed by atoms with Gasteiger partial charge in [0.1, 0.15) is 0 Å². The van der Waals surface area contributed by atoms with Crippen LogP contribution in [0.2, 0.25) is 0 Å². The van der Waals surface area contributed by atoms with Crippen molar-refractivity contribution in [1.82, 2.24) is 9.13 Å². The quantitative estimate of drug-likeness (QED) is 0.195. The molecule has 0 bridgehead atoms. The molecular formula is C45H30N4. The molecule has 1 atom stereocenters. The van der Waals surface area contributed by atoms with Gasteiger partial charge in [-0.25, -0.2) is 0 Å². The second-order valence-corrected chi connectivity index (χ2v) is 12.8. The summed E-state index contributed by atoms with van der Waals surface area (Å²) in [6.45, 7) is 2.30. The van der Waals surface area contributed by atoms with Gasteiger partial charge in [-0.15, -0.1) is 0 Å². The lowest BCUT2D eigenvalue weighted by Crippen LogP contribution is -2.07. The molecule has 4 nitrogen and oxygen atoms in total. The highest BCUT2D eigenvalue weighted by Crippen LogP contribution is 2.41. The van der Waals surface area contributed by atoms with Crippen LogP contribution in [-0.2, 0) is 0 Å². The molecule has 0 saturated carbocycles. The van der Waals surface area contributed by atoms with E-state index in [9.17, 15) is 10.5 Å². The Balaban J connectivity index is 1.23. The summed E-state index contributed by atoms with van der Waals surface area (Å²) in [5.74, 6) is 0.385. The van der Waals surface area contributed by atoms with Gasteiger partial charge in [0.05, 0.1) is 45.5 Å². The smallest absolute Gasteiger partial charge is 0.0998 e. The van der Waals surface area contributed by atoms with E-state index in [-0.39, 0.29) is 0 Å². The van der Waals surface area contributed by atoms with Crippen LogP contribution in [0.4, 0.5) is 0 Å². The predicted octanol–water partition coefficient (Wildman–Crippen LogP) is 11.3. The topological polar surface area (TPSA) is 57.4 Å². The van der Waals surface area contributed by atoms with Crippen LogP contribution in [0.15, 0.2) is 140 Å². The van der Waals surface area contributed by atoms with Crippen LogP contribution in [0.25, 0.3) is 72.4 Å². The summed E-state index contributed by atoms with van der Waals surface area (Å²) in [4.78, 5) is 0. The van der Waals surface area contributed by atoms with Crippen LogP contribution in [0.1, 0.15) is 41.6 Å². The van der Waals surface area contributed by atoms with Crippen molar-refractivity contribution in [2.24, 2.45) is 0 Å². The first-order chi connectivity index (χ1) is 24.1. The first kappa shape index (κ1) is 28.6. The molecule has 49 heavy (non-hydrogen) atoms. The molecule has 9 rings (SSSR count). The van der Waals surface area contributed by atoms with E-state index in [2.05, 4.69) is 143 Å². The second kappa shape index (κ2) is 11.3. The molecule has 0 radical (unpaired) electrons. The van der Waals surface area contributed by atoms with Gasteiger partial charge in [0.15, 0.2) is 0 Å². The molecule has 2 heterocycles. The van der Waals surface area contributed by atoms with E-state index in [1.165, 1.54) is 22.2 Å². The first-order valence-corrected chi connectivity index (χ1v) is 16.6. The van der Waals surface area contributed by atoms with E-state index >= 15 is 0 Å². The highest BCUT2D eigenvalue weighted by atomic mass is 15.0. The van der Waals surface area contributed by atoms with Crippen molar-refractivity contribution in [3.05, 3.63) is 162 Å². The van der Waals surface area contributed by atoms with Gasteiger partial charge in [-0.3, -0.25) is 0 Å². The Hall–Kier alpha value is -6.62. The summed E-state index contributed by atoms with van der Waals surface area (Å²) in [5.41, 5.74) is 13.2. The molecule has 230 valence electrons. The fourth-order valence-electron chi connectivity index (χ4n) is 7.80. The summed E-state index contributed by atoms with van der Waals surface area (Å²) >= 11 is 0. The van der Waals surface area contributed by atoms with E-state index in [0.717, 1.165) is 61.9 Å². The van der Waals surface area contributed by atoms with Crippen LogP contribution in [0, 0.1) is 22.7 Å². The van der Waals surface area contributed by atoms with E-state index in [1.807, 2.05) is 30.3 Å². The summed E-state index contributed by atoms with van der Waals surface area (Å²) in [6, 6.07) is 50.8. The highest BCUT2D eigenvalue weighted by Gasteiger charge is 2.24. The summed E-state index contributed by atoms with van der Waals surface area (Å²) in [6.07, 6.45) is 5.56. The maximum atomic E-state index is 10.3. The minimum atomic E-state index is 0.385. The van der Waals surface area contributed by atoms with Crippen molar-refractivity contribution in [3.8, 4) is 45.8 Å². The number of nitriles is 2. The van der Waals surface area contributed by atoms with Gasteiger partial charge < -0.3 is 9.13 Å². The van der Waals surface area contributed by atoms with Crippen LogP contribution in [-0.4, -0.2) is 9.13 Å². The number of aromatic nitrogens is 2. The summed E-state index contributed by atoms with van der Waals surface area (Å²) in [5, 5.41) is 23.6. The molecule has 0 spiro atoms. The lowest BCUT2D eigenvalue weighted by molar-refractivity contribution is 0.723. The number of hydrogen-bond acceptors (Lipinski definition) is 2. The Bertz CT molecular complexity index is 2740. The van der Waals surface area contributed by atoms with Crippen molar-refractivity contribution in [2.45, 2.75) is 19.3 Å². The number of nitrogens with zero attached hydrogens (tertiary/aromatic N) is 4. The van der Waals surface area contributed by atoms with Gasteiger partial charge in [-0.1, -0.05) is 97.9 Å². The minimum absolute atomic E-state index is 0.385. The second-order valence-electron chi connectivity index (χ2n) is 12.8. The van der Waals surface area contributed by atoms with Crippen LogP contribution < -0.4 is 0 Å². The molecule has 4 heteroatoms. The largest absolute Gasteiger partial charge is 0.313 e. The Morgan fingerprint density at radius 3 is 2.16 bits per heavy atom. The average molecular weight is 627 g/mol. The number of benzene rings is 6. The maximum Gasteiger partial charge on any atom is 0.0998 e. The SMILES string of the molecule is CC1CC=Cc2c1n(-c1cccc(-c3cc(-c4ccccc4-n4c5ccccc5c5ccc(C#N)cc54)ccc3C#N)c1)c1ccccc21. The zero-order chi connectivity index (χ0) is 33.1. The van der Waals surface area contributed by atoms with Gasteiger partial charge in [-0.2, -0.15) is 10.5 Å². The Kier molecular flexibility index (Phi) is 6.57. The van der Waals surface area contributed by atoms with E-state index in [0.29, 0.717) is 17.0 Å². The minimum Gasteiger partial charge on any atom is -0.313 e. The molecular weight excluding hydrogens is 597 g/mol. The number of para-hydroxylation sites is 3. The van der Waals surface area contributed by atoms with Gasteiger partial charge in [0.25, 0.3) is 0 Å².